The second-order valence-corrected chi connectivity index (χ2v) is 8.18. The summed E-state index contributed by atoms with van der Waals surface area (Å²) in [7, 11) is -3.50. The molecule has 1 aliphatic rings. The van der Waals surface area contributed by atoms with Gasteiger partial charge in [0.15, 0.2) is 0 Å². The average molecular weight is 353 g/mol. The minimum absolute atomic E-state index is 0.102. The fourth-order valence-electron chi connectivity index (χ4n) is 2.98. The molecule has 6 heteroatoms. The lowest BCUT2D eigenvalue weighted by Crippen LogP contribution is -2.29. The maximum absolute atomic E-state index is 12.4. The lowest BCUT2D eigenvalue weighted by molar-refractivity contribution is -0.117. The summed E-state index contributed by atoms with van der Waals surface area (Å²) in [5, 5.41) is 0. The number of amides is 1. The van der Waals surface area contributed by atoms with Crippen molar-refractivity contribution in [3.8, 4) is 0 Å². The van der Waals surface area contributed by atoms with E-state index in [-0.39, 0.29) is 10.8 Å². The highest BCUT2D eigenvalue weighted by Crippen LogP contribution is 2.23. The molecule has 1 heterocycles. The summed E-state index contributed by atoms with van der Waals surface area (Å²) >= 11 is 0. The highest BCUT2D eigenvalue weighted by molar-refractivity contribution is 7.89. The Bertz CT molecular complexity index is 641. The Hall–Kier alpha value is -1.40. The van der Waals surface area contributed by atoms with E-state index in [1.165, 1.54) is 0 Å². The highest BCUT2D eigenvalue weighted by atomic mass is 32.2. The number of carbonyl (C=O) groups is 1. The van der Waals surface area contributed by atoms with Gasteiger partial charge in [-0.1, -0.05) is 33.1 Å². The maximum atomic E-state index is 12.4. The lowest BCUT2D eigenvalue weighted by atomic mass is 10.00. The molecular formula is C18H28N2O3S. The van der Waals surface area contributed by atoms with Crippen molar-refractivity contribution in [2.75, 3.05) is 18.0 Å². The molecule has 5 nitrogen and oxygen atoms in total. The molecule has 0 aromatic heterocycles. The third-order valence-corrected chi connectivity index (χ3v) is 6.08. The van der Waals surface area contributed by atoms with Crippen LogP contribution in [0.5, 0.6) is 0 Å². The van der Waals surface area contributed by atoms with Gasteiger partial charge in [0, 0.05) is 25.2 Å². The zero-order valence-corrected chi connectivity index (χ0v) is 15.4. The molecule has 0 spiro atoms. The molecule has 0 saturated carbocycles. The number of benzene rings is 1. The van der Waals surface area contributed by atoms with E-state index in [2.05, 4.69) is 18.6 Å². The molecule has 1 atom stereocenters. The molecule has 1 amide bonds. The summed E-state index contributed by atoms with van der Waals surface area (Å²) in [5.74, 6) is 0.478. The van der Waals surface area contributed by atoms with Crippen LogP contribution < -0.4 is 9.62 Å². The molecule has 1 aliphatic heterocycles. The van der Waals surface area contributed by atoms with Gasteiger partial charge in [0.25, 0.3) is 0 Å². The van der Waals surface area contributed by atoms with E-state index in [1.807, 2.05) is 0 Å². The van der Waals surface area contributed by atoms with Crippen LogP contribution in [0.1, 0.15) is 52.4 Å². The van der Waals surface area contributed by atoms with Crippen molar-refractivity contribution in [3.05, 3.63) is 24.3 Å². The lowest BCUT2D eigenvalue weighted by Gasteiger charge is -2.17. The number of nitrogens with zero attached hydrogens (tertiary/aromatic N) is 1. The van der Waals surface area contributed by atoms with Crippen molar-refractivity contribution in [1.29, 1.82) is 0 Å². The van der Waals surface area contributed by atoms with Gasteiger partial charge in [0.2, 0.25) is 15.9 Å². The molecule has 1 N–H and O–H groups in total. The number of nitrogens with one attached hydrogen (secondary N) is 1. The second kappa shape index (κ2) is 8.62. The number of hydrogen-bond donors (Lipinski definition) is 1. The number of anilines is 1. The smallest absolute Gasteiger partial charge is 0.240 e. The van der Waals surface area contributed by atoms with E-state index in [9.17, 15) is 13.2 Å². The third kappa shape index (κ3) is 4.80. The number of hydrogen-bond acceptors (Lipinski definition) is 3. The standard InChI is InChI=1S/C18H28N2O3S/c1-3-5-7-15(4-2)14-19-24(22,23)17-11-9-16(10-12-17)20-13-6-8-18(20)21/h9-12,15,19H,3-8,13-14H2,1-2H3/t15-/m1/s1. The zero-order chi connectivity index (χ0) is 17.6. The van der Waals surface area contributed by atoms with Crippen LogP contribution in [0.15, 0.2) is 29.2 Å². The van der Waals surface area contributed by atoms with E-state index in [4.69, 9.17) is 0 Å². The predicted molar refractivity (Wildman–Crippen MR) is 96.5 cm³/mol. The second-order valence-electron chi connectivity index (χ2n) is 6.41. The van der Waals surface area contributed by atoms with Crippen molar-refractivity contribution in [2.45, 2.75) is 57.3 Å². The van der Waals surface area contributed by atoms with Crippen LogP contribution in [-0.2, 0) is 14.8 Å². The van der Waals surface area contributed by atoms with E-state index in [0.717, 1.165) is 37.8 Å². The molecule has 1 fully saturated rings. The fraction of sp³-hybridized carbons (Fsp3) is 0.611. The first-order valence-electron chi connectivity index (χ1n) is 8.88. The van der Waals surface area contributed by atoms with Gasteiger partial charge in [-0.15, -0.1) is 0 Å². The first-order chi connectivity index (χ1) is 11.5. The van der Waals surface area contributed by atoms with E-state index in [0.29, 0.717) is 25.4 Å². The molecule has 0 aliphatic carbocycles. The van der Waals surface area contributed by atoms with Crippen LogP contribution in [0.2, 0.25) is 0 Å². The molecular weight excluding hydrogens is 324 g/mol. The van der Waals surface area contributed by atoms with Gasteiger partial charge in [-0.25, -0.2) is 13.1 Å². The fourth-order valence-corrected chi connectivity index (χ4v) is 4.10. The summed E-state index contributed by atoms with van der Waals surface area (Å²) < 4.78 is 27.6. The molecule has 0 radical (unpaired) electrons. The van der Waals surface area contributed by atoms with Crippen LogP contribution in [0, 0.1) is 5.92 Å². The van der Waals surface area contributed by atoms with E-state index >= 15 is 0 Å². The Morgan fingerprint density at radius 1 is 1.21 bits per heavy atom. The first kappa shape index (κ1) is 18.9. The number of unbranched alkanes of at least 4 members (excludes halogenated alkanes) is 1. The predicted octanol–water partition coefficient (Wildman–Crippen LogP) is 3.31. The Labute approximate surface area is 145 Å². The third-order valence-electron chi connectivity index (χ3n) is 4.64. The Morgan fingerprint density at radius 2 is 1.92 bits per heavy atom. The van der Waals surface area contributed by atoms with Crippen molar-refractivity contribution < 1.29 is 13.2 Å². The summed E-state index contributed by atoms with van der Waals surface area (Å²) in [4.78, 5) is 13.7. The summed E-state index contributed by atoms with van der Waals surface area (Å²) in [6.07, 6.45) is 5.69. The van der Waals surface area contributed by atoms with Crippen LogP contribution in [-0.4, -0.2) is 27.4 Å². The number of carbonyl (C=O) groups excluding carboxylic acids is 1. The van der Waals surface area contributed by atoms with E-state index < -0.39 is 10.0 Å². The maximum Gasteiger partial charge on any atom is 0.240 e. The average Bonchev–Trinajstić information content (AvgIpc) is 3.01. The van der Waals surface area contributed by atoms with Gasteiger partial charge in [-0.3, -0.25) is 4.79 Å². The van der Waals surface area contributed by atoms with Gasteiger partial charge in [-0.2, -0.15) is 0 Å². The van der Waals surface area contributed by atoms with Crippen molar-refractivity contribution in [3.63, 3.8) is 0 Å². The van der Waals surface area contributed by atoms with Crippen LogP contribution >= 0.6 is 0 Å². The topological polar surface area (TPSA) is 66.5 Å². The molecule has 134 valence electrons. The van der Waals surface area contributed by atoms with E-state index in [1.54, 1.807) is 29.2 Å². The molecule has 2 rings (SSSR count). The van der Waals surface area contributed by atoms with Crippen molar-refractivity contribution in [2.24, 2.45) is 5.92 Å². The normalized spacial score (nSPS) is 16.6. The molecule has 1 saturated heterocycles. The number of sulfonamides is 1. The largest absolute Gasteiger partial charge is 0.312 e. The Kier molecular flexibility index (Phi) is 6.80. The Balaban J connectivity index is 2.00. The van der Waals surface area contributed by atoms with Gasteiger partial charge in [-0.05, 0) is 43.0 Å². The first-order valence-corrected chi connectivity index (χ1v) is 10.4. The monoisotopic (exact) mass is 352 g/mol. The molecule has 0 unspecified atom stereocenters. The molecule has 1 aromatic rings. The van der Waals surface area contributed by atoms with Gasteiger partial charge in [0.05, 0.1) is 4.90 Å². The van der Waals surface area contributed by atoms with Gasteiger partial charge >= 0.3 is 0 Å². The minimum Gasteiger partial charge on any atom is -0.312 e. The zero-order valence-electron chi connectivity index (χ0n) is 14.6. The molecule has 24 heavy (non-hydrogen) atoms. The Morgan fingerprint density at radius 3 is 2.46 bits per heavy atom. The van der Waals surface area contributed by atoms with Crippen molar-refractivity contribution in [1.82, 2.24) is 4.72 Å². The highest BCUT2D eigenvalue weighted by Gasteiger charge is 2.22. The van der Waals surface area contributed by atoms with Gasteiger partial charge < -0.3 is 4.90 Å². The molecule has 1 aromatic carbocycles. The van der Waals surface area contributed by atoms with Gasteiger partial charge in [0.1, 0.15) is 0 Å². The quantitative estimate of drug-likeness (QED) is 0.741. The summed E-state index contributed by atoms with van der Waals surface area (Å²) in [6.45, 7) is 5.42. The summed E-state index contributed by atoms with van der Waals surface area (Å²) in [6, 6.07) is 6.59. The summed E-state index contributed by atoms with van der Waals surface area (Å²) in [5.41, 5.74) is 0.769. The van der Waals surface area contributed by atoms with Crippen LogP contribution in [0.25, 0.3) is 0 Å². The van der Waals surface area contributed by atoms with Crippen molar-refractivity contribution >= 4 is 21.6 Å². The SMILES string of the molecule is CCCC[C@@H](CC)CNS(=O)(=O)c1ccc(N2CCCC2=O)cc1. The molecule has 0 bridgehead atoms. The minimum atomic E-state index is -3.50. The van der Waals surface area contributed by atoms with Crippen LogP contribution in [0.3, 0.4) is 0 Å². The number of rotatable bonds is 9. The van der Waals surface area contributed by atoms with Crippen LogP contribution in [0.4, 0.5) is 5.69 Å².